The highest BCUT2D eigenvalue weighted by Crippen LogP contribution is 2.36. The van der Waals surface area contributed by atoms with Gasteiger partial charge in [0, 0.05) is 32.2 Å². The summed E-state index contributed by atoms with van der Waals surface area (Å²) >= 11 is 0. The first-order chi connectivity index (χ1) is 15.9. The highest BCUT2D eigenvalue weighted by molar-refractivity contribution is 7.92. The SMILES string of the molecule is CCS(=O)(=O)N(CC(=O)NCc1cccc(CN2CCOCC2)c1)c1ccc2c(c1)OCO2. The first-order valence-corrected chi connectivity index (χ1v) is 12.6. The number of anilines is 1. The van der Waals surface area contributed by atoms with Crippen LogP contribution in [0.1, 0.15) is 18.1 Å². The number of hydrogen-bond acceptors (Lipinski definition) is 7. The Morgan fingerprint density at radius 2 is 1.82 bits per heavy atom. The van der Waals surface area contributed by atoms with Crippen molar-refractivity contribution < 1.29 is 27.4 Å². The molecule has 1 amide bonds. The molecular weight excluding hydrogens is 446 g/mol. The van der Waals surface area contributed by atoms with Crippen LogP contribution in [0, 0.1) is 0 Å². The number of benzene rings is 2. The smallest absolute Gasteiger partial charge is 0.241 e. The zero-order valence-electron chi connectivity index (χ0n) is 18.7. The average molecular weight is 476 g/mol. The van der Waals surface area contributed by atoms with Crippen molar-refractivity contribution in [1.29, 1.82) is 0 Å². The van der Waals surface area contributed by atoms with Crippen molar-refractivity contribution in [3.05, 3.63) is 53.6 Å². The van der Waals surface area contributed by atoms with Gasteiger partial charge in [0.2, 0.25) is 22.7 Å². The number of hydrogen-bond donors (Lipinski definition) is 1. The maximum atomic E-state index is 12.7. The van der Waals surface area contributed by atoms with E-state index in [4.69, 9.17) is 14.2 Å². The second kappa shape index (κ2) is 10.4. The molecule has 1 saturated heterocycles. The van der Waals surface area contributed by atoms with Crippen LogP contribution in [-0.2, 0) is 32.6 Å². The van der Waals surface area contributed by atoms with E-state index in [1.54, 1.807) is 25.1 Å². The van der Waals surface area contributed by atoms with Crippen molar-refractivity contribution >= 4 is 21.6 Å². The molecule has 0 aliphatic carbocycles. The molecule has 0 spiro atoms. The van der Waals surface area contributed by atoms with E-state index >= 15 is 0 Å². The number of nitrogens with one attached hydrogen (secondary N) is 1. The van der Waals surface area contributed by atoms with Gasteiger partial charge in [0.25, 0.3) is 0 Å². The molecule has 10 heteroatoms. The summed E-state index contributed by atoms with van der Waals surface area (Å²) in [5, 5.41) is 2.84. The second-order valence-electron chi connectivity index (χ2n) is 7.93. The molecule has 0 unspecified atom stereocenters. The number of sulfonamides is 1. The van der Waals surface area contributed by atoms with E-state index in [0.29, 0.717) is 23.7 Å². The highest BCUT2D eigenvalue weighted by Gasteiger charge is 2.25. The summed E-state index contributed by atoms with van der Waals surface area (Å²) in [6.45, 7) is 5.77. The molecule has 9 nitrogen and oxygen atoms in total. The molecule has 1 N–H and O–H groups in total. The standard InChI is InChI=1S/C23H29N3O6S/c1-2-33(28,29)26(20-6-7-21-22(13-20)32-17-31-21)16-23(27)24-14-18-4-3-5-19(12-18)15-25-8-10-30-11-9-25/h3-7,12-13H,2,8-11,14-17H2,1H3,(H,24,27). The van der Waals surface area contributed by atoms with Crippen LogP contribution in [0.3, 0.4) is 0 Å². The van der Waals surface area contributed by atoms with Gasteiger partial charge in [-0.15, -0.1) is 0 Å². The Hall–Kier alpha value is -2.82. The van der Waals surface area contributed by atoms with Crippen LogP contribution in [0.4, 0.5) is 5.69 Å². The summed E-state index contributed by atoms with van der Waals surface area (Å²) in [6, 6.07) is 12.9. The maximum Gasteiger partial charge on any atom is 0.241 e. The van der Waals surface area contributed by atoms with Gasteiger partial charge in [0.15, 0.2) is 11.5 Å². The fourth-order valence-electron chi connectivity index (χ4n) is 3.79. The fraction of sp³-hybridized carbons (Fsp3) is 0.435. The summed E-state index contributed by atoms with van der Waals surface area (Å²) in [5.41, 5.74) is 2.49. The minimum Gasteiger partial charge on any atom is -0.454 e. The molecule has 0 atom stereocenters. The molecular formula is C23H29N3O6S. The van der Waals surface area contributed by atoms with Gasteiger partial charge in [-0.2, -0.15) is 0 Å². The summed E-state index contributed by atoms with van der Waals surface area (Å²) in [6.07, 6.45) is 0. The van der Waals surface area contributed by atoms with E-state index in [1.165, 1.54) is 5.56 Å². The van der Waals surface area contributed by atoms with Gasteiger partial charge in [-0.1, -0.05) is 24.3 Å². The van der Waals surface area contributed by atoms with Gasteiger partial charge in [-0.05, 0) is 30.2 Å². The molecule has 178 valence electrons. The number of nitrogens with zero attached hydrogens (tertiary/aromatic N) is 2. The van der Waals surface area contributed by atoms with E-state index in [0.717, 1.165) is 42.7 Å². The van der Waals surface area contributed by atoms with Crippen molar-refractivity contribution in [1.82, 2.24) is 10.2 Å². The lowest BCUT2D eigenvalue weighted by Crippen LogP contribution is -2.41. The lowest BCUT2D eigenvalue weighted by Gasteiger charge is -2.26. The highest BCUT2D eigenvalue weighted by atomic mass is 32.2. The van der Waals surface area contributed by atoms with Gasteiger partial charge in [0.05, 0.1) is 24.7 Å². The fourth-order valence-corrected chi connectivity index (χ4v) is 4.85. The van der Waals surface area contributed by atoms with E-state index in [1.807, 2.05) is 12.1 Å². The summed E-state index contributed by atoms with van der Waals surface area (Å²) in [5.74, 6) is 0.497. The molecule has 33 heavy (non-hydrogen) atoms. The molecule has 0 aromatic heterocycles. The zero-order chi connectivity index (χ0) is 23.3. The summed E-state index contributed by atoms with van der Waals surface area (Å²) < 4.78 is 42.6. The molecule has 0 saturated carbocycles. The topological polar surface area (TPSA) is 97.4 Å². The van der Waals surface area contributed by atoms with Crippen LogP contribution in [0.5, 0.6) is 11.5 Å². The summed E-state index contributed by atoms with van der Waals surface area (Å²) in [4.78, 5) is 15.0. The van der Waals surface area contributed by atoms with Crippen LogP contribution in [0.25, 0.3) is 0 Å². The number of ether oxygens (including phenoxy) is 3. The maximum absolute atomic E-state index is 12.7. The predicted octanol–water partition coefficient (Wildman–Crippen LogP) is 1.72. The number of amides is 1. The Kier molecular flexibility index (Phi) is 7.36. The van der Waals surface area contributed by atoms with Gasteiger partial charge in [-0.25, -0.2) is 8.42 Å². The molecule has 0 bridgehead atoms. The quantitative estimate of drug-likeness (QED) is 0.590. The minimum absolute atomic E-state index is 0.0877. The normalized spacial score (nSPS) is 15.9. The molecule has 0 radical (unpaired) electrons. The molecule has 2 aromatic rings. The average Bonchev–Trinajstić information content (AvgIpc) is 3.30. The Labute approximate surface area is 194 Å². The van der Waals surface area contributed by atoms with Crippen molar-refractivity contribution in [2.75, 3.05) is 49.7 Å². The van der Waals surface area contributed by atoms with E-state index in [-0.39, 0.29) is 25.0 Å². The first-order valence-electron chi connectivity index (χ1n) is 11.0. The third kappa shape index (κ3) is 5.95. The summed E-state index contributed by atoms with van der Waals surface area (Å²) in [7, 11) is -3.67. The molecule has 2 aliphatic heterocycles. The van der Waals surface area contributed by atoms with E-state index < -0.39 is 10.0 Å². The largest absolute Gasteiger partial charge is 0.454 e. The van der Waals surface area contributed by atoms with E-state index in [2.05, 4.69) is 22.3 Å². The molecule has 2 heterocycles. The van der Waals surface area contributed by atoms with E-state index in [9.17, 15) is 13.2 Å². The van der Waals surface area contributed by atoms with Crippen molar-refractivity contribution in [2.24, 2.45) is 0 Å². The Bertz CT molecular complexity index is 1090. The monoisotopic (exact) mass is 475 g/mol. The zero-order valence-corrected chi connectivity index (χ0v) is 19.5. The van der Waals surface area contributed by atoms with Crippen LogP contribution in [-0.4, -0.2) is 64.6 Å². The third-order valence-electron chi connectivity index (χ3n) is 5.62. The lowest BCUT2D eigenvalue weighted by atomic mass is 10.1. The van der Waals surface area contributed by atoms with Crippen molar-refractivity contribution in [3.63, 3.8) is 0 Å². The Balaban J connectivity index is 1.39. The van der Waals surface area contributed by atoms with Crippen LogP contribution < -0.4 is 19.1 Å². The van der Waals surface area contributed by atoms with Gasteiger partial charge in [0.1, 0.15) is 6.54 Å². The lowest BCUT2D eigenvalue weighted by molar-refractivity contribution is -0.119. The molecule has 4 rings (SSSR count). The minimum atomic E-state index is -3.67. The third-order valence-corrected chi connectivity index (χ3v) is 7.36. The van der Waals surface area contributed by atoms with Crippen molar-refractivity contribution in [3.8, 4) is 11.5 Å². The van der Waals surface area contributed by atoms with Gasteiger partial charge >= 0.3 is 0 Å². The van der Waals surface area contributed by atoms with Crippen molar-refractivity contribution in [2.45, 2.75) is 20.0 Å². The second-order valence-corrected chi connectivity index (χ2v) is 10.1. The first kappa shape index (κ1) is 23.3. The van der Waals surface area contributed by atoms with Gasteiger partial charge < -0.3 is 19.5 Å². The number of carbonyl (C=O) groups excluding carboxylic acids is 1. The van der Waals surface area contributed by atoms with Gasteiger partial charge in [-0.3, -0.25) is 14.0 Å². The Morgan fingerprint density at radius 1 is 1.06 bits per heavy atom. The predicted molar refractivity (Wildman–Crippen MR) is 124 cm³/mol. The number of carbonyl (C=O) groups is 1. The number of morpholine rings is 1. The van der Waals surface area contributed by atoms with Crippen LogP contribution >= 0.6 is 0 Å². The number of fused-ring (bicyclic) bond motifs is 1. The van der Waals surface area contributed by atoms with Crippen LogP contribution in [0.2, 0.25) is 0 Å². The number of rotatable bonds is 9. The Morgan fingerprint density at radius 3 is 2.61 bits per heavy atom. The van der Waals surface area contributed by atoms with Crippen LogP contribution in [0.15, 0.2) is 42.5 Å². The molecule has 2 aromatic carbocycles. The molecule has 2 aliphatic rings. The molecule has 1 fully saturated rings.